The Kier molecular flexibility index (Phi) is 12.2. The summed E-state index contributed by atoms with van der Waals surface area (Å²) in [5.74, 6) is 0.347. The highest BCUT2D eigenvalue weighted by atomic mass is 16.2. The van der Waals surface area contributed by atoms with Gasteiger partial charge in [0.05, 0.1) is 0 Å². The zero-order valence-electron chi connectivity index (χ0n) is 17.9. The van der Waals surface area contributed by atoms with Crippen molar-refractivity contribution in [3.05, 3.63) is 0 Å². The first-order valence-corrected chi connectivity index (χ1v) is 11.7. The third-order valence-electron chi connectivity index (χ3n) is 5.96. The Morgan fingerprint density at radius 2 is 0.964 bits per heavy atom. The molecular weight excluding hydrogens is 352 g/mol. The van der Waals surface area contributed by atoms with E-state index in [4.69, 9.17) is 0 Å². The van der Waals surface area contributed by atoms with Crippen LogP contribution in [0.15, 0.2) is 0 Å². The number of carbonyl (C=O) groups excluding carboxylic acids is 2. The lowest BCUT2D eigenvalue weighted by Gasteiger charge is -2.26. The Morgan fingerprint density at radius 3 is 1.36 bits per heavy atom. The van der Waals surface area contributed by atoms with Gasteiger partial charge < -0.3 is 20.4 Å². The molecule has 28 heavy (non-hydrogen) atoms. The number of nitrogens with one attached hydrogen (secondary N) is 2. The molecule has 2 rings (SSSR count). The van der Waals surface area contributed by atoms with Crippen molar-refractivity contribution in [3.63, 3.8) is 0 Å². The number of likely N-dealkylation sites (tertiary alicyclic amines) is 2. The van der Waals surface area contributed by atoms with Crippen molar-refractivity contribution in [2.45, 2.75) is 77.0 Å². The molecule has 2 aliphatic rings. The first kappa shape index (κ1) is 23.1. The molecule has 2 N–H and O–H groups in total. The predicted octanol–water partition coefficient (Wildman–Crippen LogP) is 2.53. The van der Waals surface area contributed by atoms with Gasteiger partial charge in [-0.25, -0.2) is 0 Å². The van der Waals surface area contributed by atoms with Gasteiger partial charge in [0.15, 0.2) is 0 Å². The van der Waals surface area contributed by atoms with E-state index >= 15 is 0 Å². The Bertz CT molecular complexity index is 392. The molecule has 0 aromatic rings. The highest BCUT2D eigenvalue weighted by Gasteiger charge is 2.11. The largest absolute Gasteiger partial charge is 0.355 e. The van der Waals surface area contributed by atoms with Gasteiger partial charge in [-0.05, 0) is 64.7 Å². The molecule has 2 fully saturated rings. The molecule has 2 saturated heterocycles. The molecule has 0 aromatic carbocycles. The predicted molar refractivity (Wildman–Crippen MR) is 114 cm³/mol. The molecule has 162 valence electrons. The highest BCUT2D eigenvalue weighted by molar-refractivity contribution is 5.76. The van der Waals surface area contributed by atoms with Crippen LogP contribution in [0.4, 0.5) is 0 Å². The van der Waals surface area contributed by atoms with E-state index in [0.29, 0.717) is 12.8 Å². The fourth-order valence-corrected chi connectivity index (χ4v) is 4.17. The zero-order chi connectivity index (χ0) is 19.9. The molecular formula is C22H42N4O2. The van der Waals surface area contributed by atoms with Gasteiger partial charge in [-0.1, -0.05) is 25.7 Å². The zero-order valence-corrected chi connectivity index (χ0v) is 17.9. The van der Waals surface area contributed by atoms with E-state index in [2.05, 4.69) is 20.4 Å². The molecule has 6 heteroatoms. The van der Waals surface area contributed by atoms with E-state index in [1.807, 2.05) is 0 Å². The van der Waals surface area contributed by atoms with Crippen LogP contribution in [0.1, 0.15) is 77.0 Å². The van der Waals surface area contributed by atoms with Crippen LogP contribution in [0.5, 0.6) is 0 Å². The lowest BCUT2D eigenvalue weighted by Crippen LogP contribution is -2.37. The number of carbonyl (C=O) groups is 2. The monoisotopic (exact) mass is 394 g/mol. The minimum atomic E-state index is 0.174. The van der Waals surface area contributed by atoms with Gasteiger partial charge >= 0.3 is 0 Å². The molecule has 0 bridgehead atoms. The molecule has 6 nitrogen and oxygen atoms in total. The van der Waals surface area contributed by atoms with Crippen LogP contribution in [0.25, 0.3) is 0 Å². The summed E-state index contributed by atoms with van der Waals surface area (Å²) in [5, 5.41) is 6.08. The number of amides is 2. The summed E-state index contributed by atoms with van der Waals surface area (Å²) in [6.07, 6.45) is 13.0. The third kappa shape index (κ3) is 11.0. The molecule has 0 radical (unpaired) electrons. The van der Waals surface area contributed by atoms with E-state index in [9.17, 15) is 9.59 Å². The van der Waals surface area contributed by atoms with Crippen molar-refractivity contribution in [1.29, 1.82) is 0 Å². The number of hydrogen-bond donors (Lipinski definition) is 2. The molecule has 2 heterocycles. The fourth-order valence-electron chi connectivity index (χ4n) is 4.17. The standard InChI is InChI=1S/C22H42N4O2/c27-21(23-13-19-25-15-7-3-8-16-25)11-5-1-2-6-12-22(28)24-14-20-26-17-9-4-10-18-26/h1-20H2,(H,23,27)(H,24,28). The van der Waals surface area contributed by atoms with Crippen LogP contribution in [0, 0.1) is 0 Å². The molecule has 2 aliphatic heterocycles. The van der Waals surface area contributed by atoms with Gasteiger partial charge in [-0.2, -0.15) is 0 Å². The first-order chi connectivity index (χ1) is 13.7. The third-order valence-corrected chi connectivity index (χ3v) is 5.96. The summed E-state index contributed by atoms with van der Waals surface area (Å²) in [4.78, 5) is 28.6. The summed E-state index contributed by atoms with van der Waals surface area (Å²) in [6, 6.07) is 0. The van der Waals surface area contributed by atoms with Gasteiger partial charge in [0.1, 0.15) is 0 Å². The summed E-state index contributed by atoms with van der Waals surface area (Å²) in [5.41, 5.74) is 0. The lowest BCUT2D eigenvalue weighted by molar-refractivity contribution is -0.122. The molecule has 0 aromatic heterocycles. The van der Waals surface area contributed by atoms with Gasteiger partial charge in [0, 0.05) is 39.0 Å². The fraction of sp³-hybridized carbons (Fsp3) is 0.909. The Balaban J connectivity index is 1.34. The van der Waals surface area contributed by atoms with E-state index in [1.54, 1.807) is 0 Å². The van der Waals surface area contributed by atoms with E-state index in [1.165, 1.54) is 64.7 Å². The molecule has 0 aliphatic carbocycles. The second-order valence-corrected chi connectivity index (χ2v) is 8.42. The van der Waals surface area contributed by atoms with Crippen LogP contribution in [-0.4, -0.2) is 74.0 Å². The van der Waals surface area contributed by atoms with Gasteiger partial charge in [0.25, 0.3) is 0 Å². The van der Waals surface area contributed by atoms with Crippen molar-refractivity contribution in [2.24, 2.45) is 0 Å². The number of nitrogens with zero attached hydrogens (tertiary/aromatic N) is 2. The number of hydrogen-bond acceptors (Lipinski definition) is 4. The molecule has 0 unspecified atom stereocenters. The second-order valence-electron chi connectivity index (χ2n) is 8.42. The van der Waals surface area contributed by atoms with Gasteiger partial charge in [0.2, 0.25) is 11.8 Å². The van der Waals surface area contributed by atoms with Crippen molar-refractivity contribution in [1.82, 2.24) is 20.4 Å². The van der Waals surface area contributed by atoms with E-state index in [-0.39, 0.29) is 11.8 Å². The number of unbranched alkanes of at least 4 members (excludes halogenated alkanes) is 3. The SMILES string of the molecule is O=C(CCCCCCC(=O)NCCN1CCCCC1)NCCN1CCCCC1. The van der Waals surface area contributed by atoms with Crippen molar-refractivity contribution in [2.75, 3.05) is 52.4 Å². The minimum absolute atomic E-state index is 0.174. The normalized spacial score (nSPS) is 18.7. The maximum absolute atomic E-state index is 11.9. The maximum Gasteiger partial charge on any atom is 0.220 e. The topological polar surface area (TPSA) is 64.7 Å². The second kappa shape index (κ2) is 14.8. The Labute approximate surface area is 171 Å². The quantitative estimate of drug-likeness (QED) is 0.471. The smallest absolute Gasteiger partial charge is 0.220 e. The molecule has 0 saturated carbocycles. The van der Waals surface area contributed by atoms with E-state index in [0.717, 1.165) is 51.9 Å². The van der Waals surface area contributed by atoms with Crippen LogP contribution in [0.2, 0.25) is 0 Å². The van der Waals surface area contributed by atoms with Crippen molar-refractivity contribution < 1.29 is 9.59 Å². The number of piperidine rings is 2. The van der Waals surface area contributed by atoms with Crippen molar-refractivity contribution in [3.8, 4) is 0 Å². The maximum atomic E-state index is 11.9. The number of rotatable bonds is 13. The minimum Gasteiger partial charge on any atom is -0.355 e. The molecule has 0 atom stereocenters. The Hall–Kier alpha value is -1.14. The van der Waals surface area contributed by atoms with Crippen molar-refractivity contribution >= 4 is 11.8 Å². The summed E-state index contributed by atoms with van der Waals surface area (Å²) in [7, 11) is 0. The van der Waals surface area contributed by atoms with Gasteiger partial charge in [-0.15, -0.1) is 0 Å². The van der Waals surface area contributed by atoms with Crippen LogP contribution < -0.4 is 10.6 Å². The average molecular weight is 395 g/mol. The highest BCUT2D eigenvalue weighted by Crippen LogP contribution is 2.09. The van der Waals surface area contributed by atoms with Crippen LogP contribution in [-0.2, 0) is 9.59 Å². The van der Waals surface area contributed by atoms with Crippen LogP contribution >= 0.6 is 0 Å². The van der Waals surface area contributed by atoms with Gasteiger partial charge in [-0.3, -0.25) is 9.59 Å². The Morgan fingerprint density at radius 1 is 0.571 bits per heavy atom. The molecule has 0 spiro atoms. The molecule has 2 amide bonds. The lowest BCUT2D eigenvalue weighted by atomic mass is 10.1. The van der Waals surface area contributed by atoms with E-state index < -0.39 is 0 Å². The summed E-state index contributed by atoms with van der Waals surface area (Å²) < 4.78 is 0. The van der Waals surface area contributed by atoms with Crippen LogP contribution in [0.3, 0.4) is 0 Å². The average Bonchev–Trinajstić information content (AvgIpc) is 2.72. The first-order valence-electron chi connectivity index (χ1n) is 11.7. The summed E-state index contributed by atoms with van der Waals surface area (Å²) >= 11 is 0. The summed E-state index contributed by atoms with van der Waals surface area (Å²) in [6.45, 7) is 8.25.